The third-order valence-electron chi connectivity index (χ3n) is 2.48. The van der Waals surface area contributed by atoms with Gasteiger partial charge in [0, 0.05) is 23.3 Å². The van der Waals surface area contributed by atoms with Crippen LogP contribution in [0, 0.1) is 0 Å². The average molecular weight is 207 g/mol. The van der Waals surface area contributed by atoms with E-state index < -0.39 is 0 Å². The molecule has 0 bridgehead atoms. The maximum atomic E-state index is 4.28. The highest BCUT2D eigenvalue weighted by molar-refractivity contribution is 5.83. The van der Waals surface area contributed by atoms with Gasteiger partial charge < -0.3 is 0 Å². The van der Waals surface area contributed by atoms with Crippen LogP contribution in [0.4, 0.5) is 0 Å². The smallest absolute Gasteiger partial charge is 0.116 e. The molecule has 1 aromatic carbocycles. The predicted octanol–water partition coefficient (Wildman–Crippen LogP) is 2.69. The standard InChI is InChI=1S/C13H9N3/c1-2-10-8-11(3-4-12(10)15-6-1)13-5-7-14-9-16-13/h1-9H. The molecule has 2 aromatic heterocycles. The lowest BCUT2D eigenvalue weighted by molar-refractivity contribution is 1.17. The third-order valence-corrected chi connectivity index (χ3v) is 2.48. The summed E-state index contributed by atoms with van der Waals surface area (Å²) in [6.45, 7) is 0. The molecule has 3 nitrogen and oxygen atoms in total. The molecule has 0 aliphatic heterocycles. The van der Waals surface area contributed by atoms with E-state index in [-0.39, 0.29) is 0 Å². The Morgan fingerprint density at radius 2 is 1.88 bits per heavy atom. The van der Waals surface area contributed by atoms with Gasteiger partial charge in [-0.2, -0.15) is 0 Å². The van der Waals surface area contributed by atoms with Crippen LogP contribution in [0.1, 0.15) is 0 Å². The quantitative estimate of drug-likeness (QED) is 0.615. The van der Waals surface area contributed by atoms with Crippen LogP contribution >= 0.6 is 0 Å². The summed E-state index contributed by atoms with van der Waals surface area (Å²) in [5.41, 5.74) is 3.02. The summed E-state index contributed by atoms with van der Waals surface area (Å²) in [7, 11) is 0. The van der Waals surface area contributed by atoms with Crippen molar-refractivity contribution in [3.63, 3.8) is 0 Å². The van der Waals surface area contributed by atoms with Crippen LogP contribution in [0.25, 0.3) is 22.2 Å². The van der Waals surface area contributed by atoms with Crippen LogP contribution in [0.15, 0.2) is 55.1 Å². The van der Waals surface area contributed by atoms with E-state index in [0.29, 0.717) is 0 Å². The van der Waals surface area contributed by atoms with Crippen molar-refractivity contribution in [2.24, 2.45) is 0 Å². The number of aromatic nitrogens is 3. The average Bonchev–Trinajstić information content (AvgIpc) is 2.39. The number of pyridine rings is 1. The monoisotopic (exact) mass is 207 g/mol. The Bertz CT molecular complexity index is 620. The number of rotatable bonds is 1. The summed E-state index contributed by atoms with van der Waals surface area (Å²) < 4.78 is 0. The highest BCUT2D eigenvalue weighted by atomic mass is 14.8. The van der Waals surface area contributed by atoms with Gasteiger partial charge in [0.15, 0.2) is 0 Å². The zero-order valence-corrected chi connectivity index (χ0v) is 8.54. The van der Waals surface area contributed by atoms with E-state index in [4.69, 9.17) is 0 Å². The first-order valence-corrected chi connectivity index (χ1v) is 5.05. The maximum Gasteiger partial charge on any atom is 0.116 e. The van der Waals surface area contributed by atoms with Crippen molar-refractivity contribution >= 4 is 10.9 Å². The summed E-state index contributed by atoms with van der Waals surface area (Å²) in [4.78, 5) is 12.4. The first-order valence-electron chi connectivity index (χ1n) is 5.05. The van der Waals surface area contributed by atoms with E-state index in [1.54, 1.807) is 18.7 Å². The first-order chi connectivity index (χ1) is 7.93. The minimum Gasteiger partial charge on any atom is -0.256 e. The molecule has 0 saturated heterocycles. The van der Waals surface area contributed by atoms with Gasteiger partial charge in [-0.05, 0) is 24.3 Å². The fourth-order valence-electron chi connectivity index (χ4n) is 1.70. The second-order valence-corrected chi connectivity index (χ2v) is 3.51. The number of hydrogen-bond donors (Lipinski definition) is 0. The molecule has 0 aliphatic carbocycles. The van der Waals surface area contributed by atoms with Gasteiger partial charge in [0.2, 0.25) is 0 Å². The molecule has 76 valence electrons. The molecular weight excluding hydrogens is 198 g/mol. The van der Waals surface area contributed by atoms with Gasteiger partial charge in [-0.1, -0.05) is 12.1 Å². The number of fused-ring (bicyclic) bond motifs is 1. The topological polar surface area (TPSA) is 38.7 Å². The van der Waals surface area contributed by atoms with Gasteiger partial charge in [-0.25, -0.2) is 9.97 Å². The second-order valence-electron chi connectivity index (χ2n) is 3.51. The van der Waals surface area contributed by atoms with Gasteiger partial charge in [0.05, 0.1) is 11.2 Å². The molecule has 0 saturated carbocycles. The predicted molar refractivity (Wildman–Crippen MR) is 62.8 cm³/mol. The molecule has 0 fully saturated rings. The minimum absolute atomic E-state index is 0.931. The largest absolute Gasteiger partial charge is 0.256 e. The van der Waals surface area contributed by atoms with Crippen molar-refractivity contribution in [1.29, 1.82) is 0 Å². The van der Waals surface area contributed by atoms with E-state index in [0.717, 1.165) is 22.2 Å². The fourth-order valence-corrected chi connectivity index (χ4v) is 1.70. The second kappa shape index (κ2) is 3.70. The molecule has 0 atom stereocenters. The van der Waals surface area contributed by atoms with Crippen molar-refractivity contribution in [2.45, 2.75) is 0 Å². The lowest BCUT2D eigenvalue weighted by Crippen LogP contribution is -1.84. The summed E-state index contributed by atoms with van der Waals surface area (Å²) >= 11 is 0. The zero-order chi connectivity index (χ0) is 10.8. The molecule has 0 radical (unpaired) electrons. The maximum absolute atomic E-state index is 4.28. The molecule has 3 aromatic rings. The molecule has 3 heteroatoms. The van der Waals surface area contributed by atoms with Gasteiger partial charge in [0.1, 0.15) is 6.33 Å². The van der Waals surface area contributed by atoms with E-state index in [1.165, 1.54) is 0 Å². The van der Waals surface area contributed by atoms with Crippen LogP contribution in [0.5, 0.6) is 0 Å². The lowest BCUT2D eigenvalue weighted by atomic mass is 10.1. The van der Waals surface area contributed by atoms with Crippen molar-refractivity contribution in [3.8, 4) is 11.3 Å². The van der Waals surface area contributed by atoms with Gasteiger partial charge in [-0.3, -0.25) is 4.98 Å². The highest BCUT2D eigenvalue weighted by Crippen LogP contribution is 2.20. The van der Waals surface area contributed by atoms with E-state index in [2.05, 4.69) is 21.0 Å². The van der Waals surface area contributed by atoms with Crippen molar-refractivity contribution in [1.82, 2.24) is 15.0 Å². The van der Waals surface area contributed by atoms with E-state index >= 15 is 0 Å². The van der Waals surface area contributed by atoms with Gasteiger partial charge >= 0.3 is 0 Å². The Kier molecular flexibility index (Phi) is 2.07. The number of nitrogens with zero attached hydrogens (tertiary/aromatic N) is 3. The normalized spacial score (nSPS) is 10.5. The van der Waals surface area contributed by atoms with Crippen LogP contribution in [-0.4, -0.2) is 15.0 Å². The van der Waals surface area contributed by atoms with Crippen LogP contribution in [0.2, 0.25) is 0 Å². The molecule has 0 N–H and O–H groups in total. The SMILES string of the molecule is c1cnc2ccc(-c3ccncn3)cc2c1. The zero-order valence-electron chi connectivity index (χ0n) is 8.54. The summed E-state index contributed by atoms with van der Waals surface area (Å²) in [5.74, 6) is 0. The molecular formula is C13H9N3. The fraction of sp³-hybridized carbons (Fsp3) is 0. The van der Waals surface area contributed by atoms with Crippen molar-refractivity contribution in [3.05, 3.63) is 55.1 Å². The Labute approximate surface area is 92.8 Å². The van der Waals surface area contributed by atoms with Crippen molar-refractivity contribution in [2.75, 3.05) is 0 Å². The first kappa shape index (κ1) is 8.97. The van der Waals surface area contributed by atoms with Crippen LogP contribution < -0.4 is 0 Å². The molecule has 0 unspecified atom stereocenters. The summed E-state index contributed by atoms with van der Waals surface area (Å²) in [5, 5.41) is 1.12. The summed E-state index contributed by atoms with van der Waals surface area (Å²) in [6.07, 6.45) is 5.10. The highest BCUT2D eigenvalue weighted by Gasteiger charge is 2.00. The molecule has 0 aliphatic rings. The Morgan fingerprint density at radius 3 is 2.75 bits per heavy atom. The van der Waals surface area contributed by atoms with Crippen molar-refractivity contribution < 1.29 is 0 Å². The van der Waals surface area contributed by atoms with Crippen LogP contribution in [0.3, 0.4) is 0 Å². The number of benzene rings is 1. The summed E-state index contributed by atoms with van der Waals surface area (Å²) in [6, 6.07) is 12.0. The van der Waals surface area contributed by atoms with E-state index in [9.17, 15) is 0 Å². The Morgan fingerprint density at radius 1 is 0.875 bits per heavy atom. The molecule has 16 heavy (non-hydrogen) atoms. The molecule has 3 rings (SSSR count). The molecule has 0 spiro atoms. The minimum atomic E-state index is 0.931. The van der Waals surface area contributed by atoms with E-state index in [1.807, 2.05) is 30.3 Å². The Balaban J connectivity index is 2.19. The third kappa shape index (κ3) is 1.52. The Hall–Kier alpha value is -2.29. The van der Waals surface area contributed by atoms with Crippen LogP contribution in [-0.2, 0) is 0 Å². The van der Waals surface area contributed by atoms with Gasteiger partial charge in [0.25, 0.3) is 0 Å². The van der Waals surface area contributed by atoms with Gasteiger partial charge in [-0.15, -0.1) is 0 Å². The lowest BCUT2D eigenvalue weighted by Gasteiger charge is -2.01. The number of hydrogen-bond acceptors (Lipinski definition) is 3. The molecule has 0 amide bonds. The molecule has 2 heterocycles.